The van der Waals surface area contributed by atoms with Gasteiger partial charge in [-0.2, -0.15) is 5.10 Å². The lowest BCUT2D eigenvalue weighted by atomic mass is 10.3. The Kier molecular flexibility index (Phi) is 3.41. The Labute approximate surface area is 105 Å². The maximum absolute atomic E-state index is 12.1. The molecule has 16 heavy (non-hydrogen) atoms. The van der Waals surface area contributed by atoms with Crippen LogP contribution in [0.3, 0.4) is 0 Å². The fraction of sp³-hybridized carbons (Fsp3) is 0.400. The van der Waals surface area contributed by atoms with Gasteiger partial charge in [0, 0.05) is 17.0 Å². The molecule has 0 aliphatic rings. The summed E-state index contributed by atoms with van der Waals surface area (Å²) in [6, 6.07) is -0.0614. The molecule has 0 amide bonds. The number of ether oxygens (including phenoxy) is 1. The quantitative estimate of drug-likeness (QED) is 0.874. The van der Waals surface area contributed by atoms with Crippen LogP contribution in [0.25, 0.3) is 10.1 Å². The van der Waals surface area contributed by atoms with E-state index in [0.29, 0.717) is 12.0 Å². The highest BCUT2D eigenvalue weighted by molar-refractivity contribution is 9.10. The van der Waals surface area contributed by atoms with Crippen molar-refractivity contribution in [1.82, 2.24) is 9.78 Å². The molecule has 0 saturated heterocycles. The van der Waals surface area contributed by atoms with Gasteiger partial charge in [-0.3, -0.25) is 4.79 Å². The van der Waals surface area contributed by atoms with Gasteiger partial charge in [0.15, 0.2) is 0 Å². The lowest BCUT2D eigenvalue weighted by Crippen LogP contribution is -2.27. The van der Waals surface area contributed by atoms with Crippen molar-refractivity contribution < 1.29 is 4.74 Å². The summed E-state index contributed by atoms with van der Waals surface area (Å²) >= 11 is 4.89. The summed E-state index contributed by atoms with van der Waals surface area (Å²) in [5, 5.41) is 6.75. The maximum atomic E-state index is 12.1. The van der Waals surface area contributed by atoms with Gasteiger partial charge >= 0.3 is 0 Å². The van der Waals surface area contributed by atoms with Crippen LogP contribution in [0, 0.1) is 0 Å². The zero-order chi connectivity index (χ0) is 11.7. The van der Waals surface area contributed by atoms with Crippen LogP contribution in [0.1, 0.15) is 13.0 Å². The van der Waals surface area contributed by atoms with Crippen molar-refractivity contribution in [3.8, 4) is 0 Å². The molecule has 0 fully saturated rings. The van der Waals surface area contributed by atoms with Gasteiger partial charge in [-0.05, 0) is 22.9 Å². The monoisotopic (exact) mass is 302 g/mol. The van der Waals surface area contributed by atoms with Gasteiger partial charge in [0.2, 0.25) is 0 Å². The molecule has 2 aromatic rings. The summed E-state index contributed by atoms with van der Waals surface area (Å²) in [5.41, 5.74) is -0.0739. The first-order valence-corrected chi connectivity index (χ1v) is 6.46. The van der Waals surface area contributed by atoms with Crippen LogP contribution in [0.2, 0.25) is 0 Å². The number of aromatic nitrogens is 2. The number of hydrogen-bond acceptors (Lipinski definition) is 4. The summed E-state index contributed by atoms with van der Waals surface area (Å²) < 4.78 is 8.22. The van der Waals surface area contributed by atoms with E-state index in [1.54, 1.807) is 13.3 Å². The third-order valence-corrected chi connectivity index (χ3v) is 4.17. The van der Waals surface area contributed by atoms with E-state index in [2.05, 4.69) is 21.0 Å². The van der Waals surface area contributed by atoms with Crippen molar-refractivity contribution in [2.45, 2.75) is 13.0 Å². The van der Waals surface area contributed by atoms with Crippen molar-refractivity contribution in [3.05, 3.63) is 26.4 Å². The molecule has 0 N–H and O–H groups in total. The molecule has 86 valence electrons. The van der Waals surface area contributed by atoms with Gasteiger partial charge in [-0.15, -0.1) is 11.3 Å². The first kappa shape index (κ1) is 11.8. The van der Waals surface area contributed by atoms with Crippen LogP contribution in [0.15, 0.2) is 20.8 Å². The van der Waals surface area contributed by atoms with E-state index in [0.717, 1.165) is 9.17 Å². The molecule has 0 radical (unpaired) electrons. The Morgan fingerprint density at radius 1 is 1.69 bits per heavy atom. The minimum atomic E-state index is -0.0739. The fourth-order valence-corrected chi connectivity index (χ4v) is 3.13. The van der Waals surface area contributed by atoms with Gasteiger partial charge in [0.1, 0.15) is 0 Å². The topological polar surface area (TPSA) is 44.1 Å². The van der Waals surface area contributed by atoms with E-state index in [-0.39, 0.29) is 11.6 Å². The minimum absolute atomic E-state index is 0.0614. The molecule has 1 atom stereocenters. The summed E-state index contributed by atoms with van der Waals surface area (Å²) in [4.78, 5) is 12.1. The van der Waals surface area contributed by atoms with Gasteiger partial charge in [0.25, 0.3) is 5.56 Å². The van der Waals surface area contributed by atoms with Crippen LogP contribution < -0.4 is 5.56 Å². The predicted octanol–water partition coefficient (Wildman–Crippen LogP) is 2.43. The second kappa shape index (κ2) is 4.65. The zero-order valence-corrected chi connectivity index (χ0v) is 11.3. The third kappa shape index (κ3) is 1.92. The van der Waals surface area contributed by atoms with E-state index in [1.807, 2.05) is 12.3 Å². The van der Waals surface area contributed by atoms with Gasteiger partial charge in [-0.25, -0.2) is 4.68 Å². The van der Waals surface area contributed by atoms with Crippen molar-refractivity contribution in [1.29, 1.82) is 0 Å². The first-order valence-electron chi connectivity index (χ1n) is 4.78. The molecule has 0 aliphatic heterocycles. The molecule has 0 aliphatic carbocycles. The molecule has 1 unspecified atom stereocenters. The maximum Gasteiger partial charge on any atom is 0.276 e. The largest absolute Gasteiger partial charge is 0.382 e. The van der Waals surface area contributed by atoms with Gasteiger partial charge in [0.05, 0.1) is 28.9 Å². The highest BCUT2D eigenvalue weighted by Gasteiger charge is 2.13. The van der Waals surface area contributed by atoms with E-state index in [9.17, 15) is 4.79 Å². The highest BCUT2D eigenvalue weighted by atomic mass is 79.9. The van der Waals surface area contributed by atoms with E-state index in [4.69, 9.17) is 4.74 Å². The fourth-order valence-electron chi connectivity index (χ4n) is 1.56. The Bertz CT molecular complexity index is 563. The molecule has 0 bridgehead atoms. The van der Waals surface area contributed by atoms with Crippen LogP contribution in [-0.2, 0) is 4.74 Å². The van der Waals surface area contributed by atoms with Gasteiger partial charge < -0.3 is 4.74 Å². The van der Waals surface area contributed by atoms with Crippen LogP contribution in [0.4, 0.5) is 0 Å². The molecule has 2 aromatic heterocycles. The standard InChI is InChI=1S/C10H11BrN2O2S/c1-6(4-15-2)13-10(14)9-7(11)5-16-8(9)3-12-13/h3,5-6H,4H2,1-2H3. The Morgan fingerprint density at radius 3 is 3.12 bits per heavy atom. The first-order chi connectivity index (χ1) is 7.65. The number of rotatable bonds is 3. The van der Waals surface area contributed by atoms with E-state index >= 15 is 0 Å². The lowest BCUT2D eigenvalue weighted by Gasteiger charge is -2.12. The third-order valence-electron chi connectivity index (χ3n) is 2.32. The molecule has 0 saturated carbocycles. The van der Waals surface area contributed by atoms with Gasteiger partial charge in [-0.1, -0.05) is 0 Å². The predicted molar refractivity (Wildman–Crippen MR) is 68.2 cm³/mol. The van der Waals surface area contributed by atoms with Crippen LogP contribution in [0.5, 0.6) is 0 Å². The van der Waals surface area contributed by atoms with Crippen LogP contribution in [-0.4, -0.2) is 23.5 Å². The Hall–Kier alpha value is -0.720. The Morgan fingerprint density at radius 2 is 2.44 bits per heavy atom. The lowest BCUT2D eigenvalue weighted by molar-refractivity contribution is 0.155. The Balaban J connectivity index is 2.60. The summed E-state index contributed by atoms with van der Waals surface area (Å²) in [6.07, 6.45) is 1.72. The molecule has 6 heteroatoms. The highest BCUT2D eigenvalue weighted by Crippen LogP contribution is 2.26. The molecule has 0 aromatic carbocycles. The van der Waals surface area contributed by atoms with E-state index < -0.39 is 0 Å². The smallest absolute Gasteiger partial charge is 0.276 e. The van der Waals surface area contributed by atoms with Crippen molar-refractivity contribution in [2.24, 2.45) is 0 Å². The molecule has 4 nitrogen and oxygen atoms in total. The number of hydrogen-bond donors (Lipinski definition) is 0. The zero-order valence-electron chi connectivity index (χ0n) is 8.94. The molecular formula is C10H11BrN2O2S. The number of fused-ring (bicyclic) bond motifs is 1. The number of nitrogens with zero attached hydrogens (tertiary/aromatic N) is 2. The second-order valence-electron chi connectivity index (χ2n) is 3.52. The number of methoxy groups -OCH3 is 1. The second-order valence-corrected chi connectivity index (χ2v) is 5.29. The number of thiophene rings is 1. The molecule has 2 rings (SSSR count). The summed E-state index contributed by atoms with van der Waals surface area (Å²) in [5.74, 6) is 0. The minimum Gasteiger partial charge on any atom is -0.382 e. The van der Waals surface area contributed by atoms with Crippen molar-refractivity contribution in [2.75, 3.05) is 13.7 Å². The molecule has 2 heterocycles. The molecule has 0 spiro atoms. The normalized spacial score (nSPS) is 13.2. The van der Waals surface area contributed by atoms with E-state index in [1.165, 1.54) is 16.0 Å². The van der Waals surface area contributed by atoms with Crippen molar-refractivity contribution >= 4 is 37.4 Å². The summed E-state index contributed by atoms with van der Waals surface area (Å²) in [6.45, 7) is 2.38. The van der Waals surface area contributed by atoms with Crippen LogP contribution >= 0.6 is 27.3 Å². The average molecular weight is 303 g/mol. The van der Waals surface area contributed by atoms with Crippen molar-refractivity contribution in [3.63, 3.8) is 0 Å². The number of halogens is 1. The molecular weight excluding hydrogens is 292 g/mol. The summed E-state index contributed by atoms with van der Waals surface area (Å²) in [7, 11) is 1.61. The SMILES string of the molecule is COCC(C)n1ncc2scc(Br)c2c1=O. The average Bonchev–Trinajstić information content (AvgIpc) is 2.62.